The van der Waals surface area contributed by atoms with Crippen molar-refractivity contribution in [1.82, 2.24) is 0 Å². The van der Waals surface area contributed by atoms with Gasteiger partial charge in [0.2, 0.25) is 0 Å². The van der Waals surface area contributed by atoms with Gasteiger partial charge in [-0.25, -0.2) is 0 Å². The molecule has 11 aromatic rings. The molecule has 1 heterocycles. The highest BCUT2D eigenvalue weighted by atomic mass is 15.2. The first kappa shape index (κ1) is 39.2. The van der Waals surface area contributed by atoms with Gasteiger partial charge in [-0.05, 0) is 127 Å². The van der Waals surface area contributed by atoms with E-state index in [1.807, 2.05) is 0 Å². The summed E-state index contributed by atoms with van der Waals surface area (Å²) in [6, 6.07) is 99.0. The van der Waals surface area contributed by atoms with Crippen LogP contribution < -0.4 is 9.80 Å². The predicted molar refractivity (Wildman–Crippen MR) is 287 cm³/mol. The van der Waals surface area contributed by atoms with Crippen LogP contribution in [0.2, 0.25) is 0 Å². The Morgan fingerprint density at radius 3 is 1.35 bits per heavy atom. The number of para-hydroxylation sites is 2. The molecular formula is C67H44N2. The van der Waals surface area contributed by atoms with E-state index in [-0.39, 0.29) is 0 Å². The first-order valence-corrected chi connectivity index (χ1v) is 23.9. The van der Waals surface area contributed by atoms with E-state index in [1.165, 1.54) is 89.0 Å². The van der Waals surface area contributed by atoms with E-state index in [1.54, 1.807) is 0 Å². The van der Waals surface area contributed by atoms with Gasteiger partial charge in [0.25, 0.3) is 0 Å². The molecule has 322 valence electrons. The van der Waals surface area contributed by atoms with E-state index in [0.29, 0.717) is 0 Å². The van der Waals surface area contributed by atoms with Crippen LogP contribution >= 0.6 is 0 Å². The SMILES string of the molecule is c1ccc(-c2ccc(N(c3ccc4c(c3)-c3ccccc3-c3ccccc3N4c3ccccc3)c3cccc4c3-c3ccccc3C43c4ccccc4-c4ccccc4-c4ccccc43)cc2)cc1. The van der Waals surface area contributed by atoms with Gasteiger partial charge in [0.15, 0.2) is 0 Å². The lowest BCUT2D eigenvalue weighted by molar-refractivity contribution is 0.775. The molecule has 3 aliphatic rings. The van der Waals surface area contributed by atoms with Crippen molar-refractivity contribution in [3.05, 3.63) is 289 Å². The second kappa shape index (κ2) is 15.6. The summed E-state index contributed by atoms with van der Waals surface area (Å²) < 4.78 is 0. The van der Waals surface area contributed by atoms with Crippen molar-refractivity contribution in [2.75, 3.05) is 9.80 Å². The van der Waals surface area contributed by atoms with Crippen LogP contribution in [-0.2, 0) is 5.41 Å². The Labute approximate surface area is 403 Å². The maximum atomic E-state index is 2.51. The van der Waals surface area contributed by atoms with Crippen molar-refractivity contribution in [2.45, 2.75) is 5.41 Å². The van der Waals surface area contributed by atoms with Crippen molar-refractivity contribution in [3.63, 3.8) is 0 Å². The van der Waals surface area contributed by atoms with E-state index in [0.717, 1.165) is 34.1 Å². The predicted octanol–water partition coefficient (Wildman–Crippen LogP) is 18.0. The number of rotatable bonds is 5. The van der Waals surface area contributed by atoms with Gasteiger partial charge < -0.3 is 9.80 Å². The van der Waals surface area contributed by atoms with Crippen LogP contribution in [0, 0.1) is 0 Å². The molecule has 0 saturated carbocycles. The lowest BCUT2D eigenvalue weighted by Crippen LogP contribution is -2.29. The van der Waals surface area contributed by atoms with E-state index < -0.39 is 5.41 Å². The molecule has 2 aliphatic carbocycles. The minimum atomic E-state index is -0.606. The van der Waals surface area contributed by atoms with E-state index in [2.05, 4.69) is 277 Å². The number of fused-ring (bicyclic) bond motifs is 17. The summed E-state index contributed by atoms with van der Waals surface area (Å²) in [4.78, 5) is 4.95. The quantitative estimate of drug-likeness (QED) is 0.170. The number of benzene rings is 11. The number of anilines is 6. The number of hydrogen-bond acceptors (Lipinski definition) is 2. The van der Waals surface area contributed by atoms with E-state index in [9.17, 15) is 0 Å². The van der Waals surface area contributed by atoms with Crippen molar-refractivity contribution in [3.8, 4) is 66.8 Å². The summed E-state index contributed by atoms with van der Waals surface area (Å²) in [5, 5.41) is 0. The lowest BCUT2D eigenvalue weighted by Gasteiger charge is -2.36. The van der Waals surface area contributed by atoms with Gasteiger partial charge in [-0.1, -0.05) is 212 Å². The van der Waals surface area contributed by atoms with E-state index >= 15 is 0 Å². The summed E-state index contributed by atoms with van der Waals surface area (Å²) in [5.41, 5.74) is 26.0. The zero-order valence-corrected chi connectivity index (χ0v) is 37.8. The molecule has 0 fully saturated rings. The molecule has 0 saturated heterocycles. The van der Waals surface area contributed by atoms with Gasteiger partial charge in [0, 0.05) is 33.8 Å². The molecule has 69 heavy (non-hydrogen) atoms. The third kappa shape index (κ3) is 5.79. The Hall–Kier alpha value is -8.98. The maximum Gasteiger partial charge on any atom is 0.0726 e. The smallest absolute Gasteiger partial charge is 0.0726 e. The maximum absolute atomic E-state index is 2.51. The third-order valence-corrected chi connectivity index (χ3v) is 14.8. The molecule has 0 radical (unpaired) electrons. The Balaban J connectivity index is 1.06. The van der Waals surface area contributed by atoms with Crippen LogP contribution in [-0.4, -0.2) is 0 Å². The highest BCUT2D eigenvalue weighted by Crippen LogP contribution is 2.64. The number of hydrogen-bond donors (Lipinski definition) is 0. The standard InChI is InChI=1S/C67H44N2/c1-3-20-45(21-4-1)46-38-40-48(41-39-46)68(49-42-43-64-58(44-49)53-27-10-9-26-52(53)56-30-14-18-36-63(56)69(64)47-22-5-2-6-23-47)65-37-19-35-62-66(65)57-31-13-17-34-61(57)67(62)59-32-15-11-28-54(59)50-24-7-8-25-51(50)55-29-12-16-33-60(55)67/h1-44H. The minimum absolute atomic E-state index is 0.606. The van der Waals surface area contributed by atoms with Crippen molar-refractivity contribution < 1.29 is 0 Å². The highest BCUT2D eigenvalue weighted by Gasteiger charge is 2.50. The third-order valence-electron chi connectivity index (χ3n) is 14.8. The Morgan fingerprint density at radius 2 is 0.710 bits per heavy atom. The fourth-order valence-electron chi connectivity index (χ4n) is 12.0. The zero-order valence-electron chi connectivity index (χ0n) is 37.8. The molecule has 0 unspecified atom stereocenters. The molecule has 1 spiro atoms. The Bertz CT molecular complexity index is 3730. The second-order valence-electron chi connectivity index (χ2n) is 18.3. The van der Waals surface area contributed by atoms with Gasteiger partial charge in [0.1, 0.15) is 0 Å². The van der Waals surface area contributed by atoms with E-state index in [4.69, 9.17) is 0 Å². The topological polar surface area (TPSA) is 6.48 Å². The molecule has 0 amide bonds. The molecule has 0 aromatic heterocycles. The molecular weight excluding hydrogens is 833 g/mol. The minimum Gasteiger partial charge on any atom is -0.310 e. The Morgan fingerprint density at radius 1 is 0.275 bits per heavy atom. The molecule has 0 bridgehead atoms. The van der Waals surface area contributed by atoms with Crippen molar-refractivity contribution in [1.29, 1.82) is 0 Å². The first-order valence-electron chi connectivity index (χ1n) is 23.9. The molecule has 0 atom stereocenters. The summed E-state index contributed by atoms with van der Waals surface area (Å²) >= 11 is 0. The van der Waals surface area contributed by atoms with Crippen LogP contribution in [0.4, 0.5) is 34.1 Å². The summed E-state index contributed by atoms with van der Waals surface area (Å²) in [6.07, 6.45) is 0. The molecule has 1 aliphatic heterocycles. The van der Waals surface area contributed by atoms with Gasteiger partial charge in [-0.15, -0.1) is 0 Å². The highest BCUT2D eigenvalue weighted by molar-refractivity contribution is 6.05. The summed E-state index contributed by atoms with van der Waals surface area (Å²) in [7, 11) is 0. The molecule has 11 aromatic carbocycles. The largest absolute Gasteiger partial charge is 0.310 e. The normalized spacial score (nSPS) is 13.0. The Kier molecular flexibility index (Phi) is 8.84. The zero-order chi connectivity index (χ0) is 45.5. The van der Waals surface area contributed by atoms with Crippen molar-refractivity contribution in [2.24, 2.45) is 0 Å². The molecule has 2 nitrogen and oxygen atoms in total. The van der Waals surface area contributed by atoms with Gasteiger partial charge in [-0.3, -0.25) is 0 Å². The molecule has 2 heteroatoms. The van der Waals surface area contributed by atoms with Crippen LogP contribution in [0.3, 0.4) is 0 Å². The fourth-order valence-corrected chi connectivity index (χ4v) is 12.0. The van der Waals surface area contributed by atoms with Gasteiger partial charge in [-0.2, -0.15) is 0 Å². The number of nitrogens with zero attached hydrogens (tertiary/aromatic N) is 2. The second-order valence-corrected chi connectivity index (χ2v) is 18.3. The first-order chi connectivity index (χ1) is 34.3. The molecule has 14 rings (SSSR count). The average molecular weight is 877 g/mol. The van der Waals surface area contributed by atoms with Crippen LogP contribution in [0.15, 0.2) is 267 Å². The van der Waals surface area contributed by atoms with Gasteiger partial charge in [0.05, 0.1) is 22.5 Å². The average Bonchev–Trinajstić information content (AvgIpc) is 3.60. The molecule has 0 N–H and O–H groups in total. The van der Waals surface area contributed by atoms with Crippen LogP contribution in [0.25, 0.3) is 66.8 Å². The summed E-state index contributed by atoms with van der Waals surface area (Å²) in [6.45, 7) is 0. The summed E-state index contributed by atoms with van der Waals surface area (Å²) in [5.74, 6) is 0. The monoisotopic (exact) mass is 876 g/mol. The fraction of sp³-hybridized carbons (Fsp3) is 0.0149. The lowest BCUT2D eigenvalue weighted by atomic mass is 9.66. The van der Waals surface area contributed by atoms with Gasteiger partial charge >= 0.3 is 0 Å². The van der Waals surface area contributed by atoms with Crippen molar-refractivity contribution >= 4 is 34.1 Å². The van der Waals surface area contributed by atoms with Crippen LogP contribution in [0.1, 0.15) is 22.3 Å². The van der Waals surface area contributed by atoms with Crippen LogP contribution in [0.5, 0.6) is 0 Å².